The van der Waals surface area contributed by atoms with Crippen molar-refractivity contribution in [1.82, 2.24) is 5.32 Å². The predicted octanol–water partition coefficient (Wildman–Crippen LogP) is 4.44. The minimum Gasteiger partial charge on any atom is -0.497 e. The van der Waals surface area contributed by atoms with Crippen LogP contribution in [0.3, 0.4) is 0 Å². The molecule has 0 aliphatic carbocycles. The van der Waals surface area contributed by atoms with Crippen molar-refractivity contribution in [1.29, 1.82) is 0 Å². The quantitative estimate of drug-likeness (QED) is 0.463. The van der Waals surface area contributed by atoms with E-state index in [0.29, 0.717) is 23.9 Å². The van der Waals surface area contributed by atoms with Gasteiger partial charge in [0.25, 0.3) is 10.0 Å². The Kier molecular flexibility index (Phi) is 8.15. The average molecular weight is 508 g/mol. The van der Waals surface area contributed by atoms with Crippen LogP contribution in [-0.2, 0) is 21.4 Å². The van der Waals surface area contributed by atoms with Gasteiger partial charge in [0.05, 0.1) is 17.7 Å². The molecular weight excluding hydrogens is 474 g/mol. The second kappa shape index (κ2) is 11.5. The molecule has 1 atom stereocenters. The number of piperidine rings is 1. The SMILES string of the molecule is COc1ccc(N(CC(=O)NCc2ccc(N3CCCC(C)C3)cc2)S(=O)(=O)c2ccccc2)cc1. The number of nitrogens with zero attached hydrogens (tertiary/aromatic N) is 2. The molecule has 0 aromatic heterocycles. The number of nitrogens with one attached hydrogen (secondary N) is 1. The molecular formula is C28H33N3O4S. The van der Waals surface area contributed by atoms with E-state index in [0.717, 1.165) is 23.0 Å². The summed E-state index contributed by atoms with van der Waals surface area (Å²) in [6.07, 6.45) is 2.48. The molecule has 3 aromatic rings. The number of hydrogen-bond acceptors (Lipinski definition) is 5. The lowest BCUT2D eigenvalue weighted by molar-refractivity contribution is -0.119. The lowest BCUT2D eigenvalue weighted by atomic mass is 9.99. The second-order valence-electron chi connectivity index (χ2n) is 9.16. The third-order valence-corrected chi connectivity index (χ3v) is 8.22. The smallest absolute Gasteiger partial charge is 0.264 e. The summed E-state index contributed by atoms with van der Waals surface area (Å²) in [5.41, 5.74) is 2.53. The van der Waals surface area contributed by atoms with Gasteiger partial charge >= 0.3 is 0 Å². The maximum absolute atomic E-state index is 13.4. The predicted molar refractivity (Wildman–Crippen MR) is 143 cm³/mol. The minimum absolute atomic E-state index is 0.122. The van der Waals surface area contributed by atoms with E-state index >= 15 is 0 Å². The van der Waals surface area contributed by atoms with Crippen molar-refractivity contribution in [2.24, 2.45) is 5.92 Å². The van der Waals surface area contributed by atoms with Gasteiger partial charge < -0.3 is 15.0 Å². The number of ether oxygens (including phenoxy) is 1. The van der Waals surface area contributed by atoms with Gasteiger partial charge in [0.2, 0.25) is 5.91 Å². The number of methoxy groups -OCH3 is 1. The molecule has 0 bridgehead atoms. The van der Waals surface area contributed by atoms with Gasteiger partial charge in [-0.1, -0.05) is 37.3 Å². The summed E-state index contributed by atoms with van der Waals surface area (Å²) >= 11 is 0. The Morgan fingerprint density at radius 3 is 2.36 bits per heavy atom. The van der Waals surface area contributed by atoms with Crippen molar-refractivity contribution < 1.29 is 17.9 Å². The van der Waals surface area contributed by atoms with E-state index in [1.54, 1.807) is 49.6 Å². The number of anilines is 2. The Morgan fingerprint density at radius 2 is 1.72 bits per heavy atom. The number of carbonyl (C=O) groups is 1. The van der Waals surface area contributed by atoms with E-state index in [9.17, 15) is 13.2 Å². The molecule has 1 N–H and O–H groups in total. The molecule has 1 heterocycles. The molecule has 1 aliphatic heterocycles. The molecule has 1 aliphatic rings. The van der Waals surface area contributed by atoms with Crippen LogP contribution in [0, 0.1) is 5.92 Å². The van der Waals surface area contributed by atoms with Gasteiger partial charge in [0.15, 0.2) is 0 Å². The molecule has 1 unspecified atom stereocenters. The zero-order chi connectivity index (χ0) is 25.5. The number of benzene rings is 3. The number of carbonyl (C=O) groups excluding carboxylic acids is 1. The molecule has 0 spiro atoms. The van der Waals surface area contributed by atoms with Gasteiger partial charge in [-0.3, -0.25) is 9.10 Å². The van der Waals surface area contributed by atoms with Crippen molar-refractivity contribution in [2.75, 3.05) is 35.9 Å². The fourth-order valence-corrected chi connectivity index (χ4v) is 5.86. The summed E-state index contributed by atoms with van der Waals surface area (Å²) in [6, 6.07) is 22.9. The Balaban J connectivity index is 1.45. The average Bonchev–Trinajstić information content (AvgIpc) is 2.91. The molecule has 190 valence electrons. The van der Waals surface area contributed by atoms with Crippen LogP contribution in [-0.4, -0.2) is 41.1 Å². The van der Waals surface area contributed by atoms with E-state index in [-0.39, 0.29) is 17.3 Å². The van der Waals surface area contributed by atoms with Crippen LogP contribution in [0.5, 0.6) is 5.75 Å². The molecule has 7 nitrogen and oxygen atoms in total. The van der Waals surface area contributed by atoms with Crippen molar-refractivity contribution in [3.8, 4) is 5.75 Å². The maximum atomic E-state index is 13.4. The molecule has 1 saturated heterocycles. The Morgan fingerprint density at radius 1 is 1.03 bits per heavy atom. The number of hydrogen-bond donors (Lipinski definition) is 1. The number of rotatable bonds is 9. The number of sulfonamides is 1. The molecule has 4 rings (SSSR count). The van der Waals surface area contributed by atoms with E-state index in [4.69, 9.17) is 4.74 Å². The van der Waals surface area contributed by atoms with Gasteiger partial charge in [-0.05, 0) is 72.9 Å². The lowest BCUT2D eigenvalue weighted by Gasteiger charge is -2.32. The van der Waals surface area contributed by atoms with E-state index in [1.807, 2.05) is 12.1 Å². The van der Waals surface area contributed by atoms with Crippen LogP contribution in [0.25, 0.3) is 0 Å². The molecule has 0 saturated carbocycles. The topological polar surface area (TPSA) is 79.0 Å². The van der Waals surface area contributed by atoms with Crippen LogP contribution in [0.2, 0.25) is 0 Å². The molecule has 0 radical (unpaired) electrons. The minimum atomic E-state index is -3.95. The van der Waals surface area contributed by atoms with Gasteiger partial charge in [-0.2, -0.15) is 0 Å². The lowest BCUT2D eigenvalue weighted by Crippen LogP contribution is -2.40. The first-order chi connectivity index (χ1) is 17.4. The molecule has 1 fully saturated rings. The highest BCUT2D eigenvalue weighted by Crippen LogP contribution is 2.26. The van der Waals surface area contributed by atoms with Crippen LogP contribution >= 0.6 is 0 Å². The third-order valence-electron chi connectivity index (χ3n) is 6.43. The first kappa shape index (κ1) is 25.6. The van der Waals surface area contributed by atoms with Crippen molar-refractivity contribution in [3.63, 3.8) is 0 Å². The van der Waals surface area contributed by atoms with Crippen LogP contribution in [0.1, 0.15) is 25.3 Å². The summed E-state index contributed by atoms with van der Waals surface area (Å²) in [6.45, 7) is 4.39. The normalized spacial score (nSPS) is 15.8. The Hall–Kier alpha value is -3.52. The first-order valence-corrected chi connectivity index (χ1v) is 13.6. The second-order valence-corrected chi connectivity index (χ2v) is 11.0. The standard InChI is InChI=1S/C28H33N3O4S/c1-22-7-6-18-30(20-22)24-12-10-23(11-13-24)19-29-28(32)21-31(25-14-16-26(35-2)17-15-25)36(33,34)27-8-4-3-5-9-27/h3-5,8-17,22H,6-7,18-21H2,1-2H3,(H,29,32). The summed E-state index contributed by atoms with van der Waals surface area (Å²) in [7, 11) is -2.41. The van der Waals surface area contributed by atoms with Gasteiger partial charge in [-0.25, -0.2) is 8.42 Å². The highest BCUT2D eigenvalue weighted by atomic mass is 32.2. The van der Waals surface area contributed by atoms with Gasteiger partial charge in [0.1, 0.15) is 12.3 Å². The molecule has 3 aromatic carbocycles. The zero-order valence-corrected chi connectivity index (χ0v) is 21.6. The van der Waals surface area contributed by atoms with Crippen LogP contribution in [0.15, 0.2) is 83.8 Å². The summed E-state index contributed by atoms with van der Waals surface area (Å²) in [5, 5.41) is 2.87. The van der Waals surface area contributed by atoms with Crippen molar-refractivity contribution in [3.05, 3.63) is 84.4 Å². The Labute approximate surface area is 213 Å². The van der Waals surface area contributed by atoms with Crippen molar-refractivity contribution >= 4 is 27.3 Å². The van der Waals surface area contributed by atoms with Crippen LogP contribution in [0.4, 0.5) is 11.4 Å². The summed E-state index contributed by atoms with van der Waals surface area (Å²) < 4.78 is 33.1. The van der Waals surface area contributed by atoms with E-state index in [2.05, 4.69) is 29.3 Å². The van der Waals surface area contributed by atoms with E-state index < -0.39 is 10.0 Å². The third kappa shape index (κ3) is 6.18. The number of amides is 1. The fourth-order valence-electron chi connectivity index (χ4n) is 4.42. The monoisotopic (exact) mass is 507 g/mol. The Bertz CT molecular complexity index is 1250. The highest BCUT2D eigenvalue weighted by Gasteiger charge is 2.27. The van der Waals surface area contributed by atoms with Gasteiger partial charge in [-0.15, -0.1) is 0 Å². The van der Waals surface area contributed by atoms with Crippen molar-refractivity contribution in [2.45, 2.75) is 31.2 Å². The van der Waals surface area contributed by atoms with E-state index in [1.165, 1.54) is 30.7 Å². The molecule has 36 heavy (non-hydrogen) atoms. The largest absolute Gasteiger partial charge is 0.497 e. The summed E-state index contributed by atoms with van der Waals surface area (Å²) in [5.74, 6) is 0.903. The molecule has 8 heteroatoms. The van der Waals surface area contributed by atoms with Gasteiger partial charge in [0, 0.05) is 25.3 Å². The fraction of sp³-hybridized carbons (Fsp3) is 0.321. The zero-order valence-electron chi connectivity index (χ0n) is 20.8. The van der Waals surface area contributed by atoms with Crippen LogP contribution < -0.4 is 19.3 Å². The maximum Gasteiger partial charge on any atom is 0.264 e. The molecule has 1 amide bonds. The first-order valence-electron chi connectivity index (χ1n) is 12.2. The summed E-state index contributed by atoms with van der Waals surface area (Å²) in [4.78, 5) is 15.4. The highest BCUT2D eigenvalue weighted by molar-refractivity contribution is 7.92.